The first kappa shape index (κ1) is 27.6. The molecule has 5 aromatic carbocycles. The Balaban J connectivity index is 1.78. The van der Waals surface area contributed by atoms with E-state index in [1.165, 1.54) is 5.56 Å². The Kier molecular flexibility index (Phi) is 7.74. The zero-order valence-corrected chi connectivity index (χ0v) is 24.6. The van der Waals surface area contributed by atoms with Crippen molar-refractivity contribution >= 4 is 21.3 Å². The molecule has 5 heteroatoms. The number of hydrogen-bond acceptors (Lipinski definition) is 3. The predicted octanol–water partition coefficient (Wildman–Crippen LogP) is 7.40. The van der Waals surface area contributed by atoms with Gasteiger partial charge in [0.1, 0.15) is 24.8 Å². The Bertz CT molecular complexity index is 1710. The lowest BCUT2D eigenvalue weighted by Crippen LogP contribution is -2.07. The number of aromatic hydroxyl groups is 3. The Hall–Kier alpha value is -4.01. The summed E-state index contributed by atoms with van der Waals surface area (Å²) in [4.78, 5) is 0. The number of hydrogen-bond donors (Lipinski definition) is 3. The minimum Gasteiger partial charge on any atom is -0.507 e. The fourth-order valence-electron chi connectivity index (χ4n) is 5.41. The van der Waals surface area contributed by atoms with Crippen LogP contribution >= 0.6 is 8.46 Å². The highest BCUT2D eigenvalue weighted by atomic mass is 31.1. The Morgan fingerprint density at radius 3 is 1.70 bits per heavy atom. The molecule has 0 aliphatic heterocycles. The highest BCUT2D eigenvalue weighted by Gasteiger charge is 2.26. The minimum absolute atomic E-state index is 0.212. The van der Waals surface area contributed by atoms with Gasteiger partial charge in [0.2, 0.25) is 0 Å². The third-order valence-electron chi connectivity index (χ3n) is 7.64. The molecular formula is C35H34BO3P. The highest BCUT2D eigenvalue weighted by molar-refractivity contribution is 7.73. The highest BCUT2D eigenvalue weighted by Crippen LogP contribution is 2.45. The van der Waals surface area contributed by atoms with Crippen molar-refractivity contribution in [2.75, 3.05) is 0 Å². The Morgan fingerprint density at radius 2 is 1.15 bits per heavy atom. The summed E-state index contributed by atoms with van der Waals surface area (Å²) in [5, 5.41) is 34.2. The molecule has 0 aliphatic rings. The van der Waals surface area contributed by atoms with Gasteiger partial charge >= 0.3 is 0 Å². The molecule has 0 saturated carbocycles. The molecule has 0 aliphatic carbocycles. The van der Waals surface area contributed by atoms with Gasteiger partial charge in [-0.05, 0) is 103 Å². The summed E-state index contributed by atoms with van der Waals surface area (Å²) in [6.07, 6.45) is 0. The lowest BCUT2D eigenvalue weighted by molar-refractivity contribution is 0.454. The van der Waals surface area contributed by atoms with Crippen LogP contribution in [0, 0.1) is 27.7 Å². The fraction of sp³-hybridized carbons (Fsp3) is 0.143. The largest absolute Gasteiger partial charge is 0.507 e. The average Bonchev–Trinajstić information content (AvgIpc) is 2.94. The second-order valence-corrected chi connectivity index (χ2v) is 11.7. The molecule has 5 aromatic rings. The van der Waals surface area contributed by atoms with E-state index in [9.17, 15) is 15.3 Å². The monoisotopic (exact) mass is 544 g/mol. The van der Waals surface area contributed by atoms with Crippen LogP contribution in [-0.2, 0) is 0 Å². The third-order valence-corrected chi connectivity index (χ3v) is 8.58. The summed E-state index contributed by atoms with van der Waals surface area (Å²) < 4.78 is 0. The van der Waals surface area contributed by atoms with Crippen LogP contribution in [0.25, 0.3) is 22.3 Å². The molecule has 0 fully saturated rings. The molecule has 0 radical (unpaired) electrons. The summed E-state index contributed by atoms with van der Waals surface area (Å²) in [5.74, 6) is 0.325. The van der Waals surface area contributed by atoms with Crippen LogP contribution < -0.4 is 5.30 Å². The van der Waals surface area contributed by atoms with E-state index >= 15 is 0 Å². The normalized spacial score (nSPS) is 12.2. The standard InChI is InChI=1S/C35H34BO3P/c1-20-8-10-24(11-9-20)33(29-17-27(15-22(3)34(29)38)25-7-5-6-21(2)14-25)30-18-28(16-23(4)35(30)39)26-12-13-31(37)32(19-26)40-36/h5-19,33,37-40H,36H2,1-4H3. The summed E-state index contributed by atoms with van der Waals surface area (Å²) in [5.41, 5.74) is 10.3. The van der Waals surface area contributed by atoms with Crippen LogP contribution in [-0.4, -0.2) is 22.9 Å². The van der Waals surface area contributed by atoms with Crippen molar-refractivity contribution in [1.29, 1.82) is 0 Å². The van der Waals surface area contributed by atoms with Crippen molar-refractivity contribution in [2.45, 2.75) is 33.6 Å². The molecule has 0 heterocycles. The number of benzene rings is 5. The summed E-state index contributed by atoms with van der Waals surface area (Å²) in [7, 11) is 2.51. The summed E-state index contributed by atoms with van der Waals surface area (Å²) >= 11 is 0. The maximum Gasteiger partial charge on any atom is 0.136 e. The van der Waals surface area contributed by atoms with Crippen LogP contribution in [0.5, 0.6) is 17.2 Å². The lowest BCUT2D eigenvalue weighted by atomic mass is 9.80. The van der Waals surface area contributed by atoms with E-state index in [-0.39, 0.29) is 11.5 Å². The number of aryl methyl sites for hydroxylation is 4. The lowest BCUT2D eigenvalue weighted by Gasteiger charge is -2.24. The molecule has 0 spiro atoms. The van der Waals surface area contributed by atoms with E-state index in [2.05, 4.69) is 62.4 Å². The van der Waals surface area contributed by atoms with Crippen molar-refractivity contribution in [3.05, 3.63) is 130 Å². The second-order valence-electron chi connectivity index (χ2n) is 10.7. The van der Waals surface area contributed by atoms with Crippen LogP contribution in [0.1, 0.15) is 44.9 Å². The van der Waals surface area contributed by atoms with Gasteiger partial charge in [0.15, 0.2) is 0 Å². The van der Waals surface area contributed by atoms with Crippen molar-refractivity contribution in [3.63, 3.8) is 0 Å². The van der Waals surface area contributed by atoms with Crippen molar-refractivity contribution in [2.24, 2.45) is 0 Å². The van der Waals surface area contributed by atoms with Gasteiger partial charge in [0.25, 0.3) is 0 Å². The molecule has 0 aromatic heterocycles. The van der Waals surface area contributed by atoms with Crippen LogP contribution in [0.15, 0.2) is 91.0 Å². The topological polar surface area (TPSA) is 60.7 Å². The summed E-state index contributed by atoms with van der Waals surface area (Å²) in [6.45, 7) is 7.96. The molecule has 2 unspecified atom stereocenters. The predicted molar refractivity (Wildman–Crippen MR) is 172 cm³/mol. The van der Waals surface area contributed by atoms with Gasteiger partial charge < -0.3 is 15.3 Å². The minimum atomic E-state index is -0.410. The van der Waals surface area contributed by atoms with E-state index in [1.807, 2.05) is 57.8 Å². The molecule has 200 valence electrons. The van der Waals surface area contributed by atoms with Crippen LogP contribution in [0.4, 0.5) is 0 Å². The van der Waals surface area contributed by atoms with Gasteiger partial charge in [-0.2, -0.15) is 0 Å². The third kappa shape index (κ3) is 5.37. The maximum absolute atomic E-state index is 11.5. The number of phenols is 3. The molecule has 0 bridgehead atoms. The zero-order valence-electron chi connectivity index (χ0n) is 23.6. The van der Waals surface area contributed by atoms with Crippen LogP contribution in [0.2, 0.25) is 0 Å². The molecule has 3 nitrogen and oxygen atoms in total. The Morgan fingerprint density at radius 1 is 0.575 bits per heavy atom. The number of rotatable bonds is 6. The maximum atomic E-state index is 11.5. The molecule has 2 atom stereocenters. The number of phenolic OH excluding ortho intramolecular Hbond substituents is 3. The first-order valence-electron chi connectivity index (χ1n) is 13.5. The molecule has 0 saturated heterocycles. The molecule has 3 N–H and O–H groups in total. The quantitative estimate of drug-likeness (QED) is 0.119. The van der Waals surface area contributed by atoms with E-state index < -0.39 is 5.92 Å². The van der Waals surface area contributed by atoms with Gasteiger partial charge in [0.05, 0.1) is 0 Å². The Labute approximate surface area is 239 Å². The van der Waals surface area contributed by atoms with Crippen molar-refractivity contribution in [3.8, 4) is 39.5 Å². The van der Waals surface area contributed by atoms with Gasteiger partial charge in [0, 0.05) is 22.3 Å². The van der Waals surface area contributed by atoms with Gasteiger partial charge in [-0.1, -0.05) is 65.7 Å². The van der Waals surface area contributed by atoms with Gasteiger partial charge in [-0.15, -0.1) is 8.46 Å². The van der Waals surface area contributed by atoms with E-state index in [0.717, 1.165) is 60.9 Å². The van der Waals surface area contributed by atoms with E-state index in [4.69, 9.17) is 0 Å². The molecule has 5 rings (SSSR count). The van der Waals surface area contributed by atoms with Gasteiger partial charge in [-0.3, -0.25) is 0 Å². The van der Waals surface area contributed by atoms with Crippen molar-refractivity contribution in [1.82, 2.24) is 0 Å². The average molecular weight is 544 g/mol. The molecule has 40 heavy (non-hydrogen) atoms. The first-order chi connectivity index (χ1) is 19.2. The smallest absolute Gasteiger partial charge is 0.136 e. The second kappa shape index (κ2) is 11.2. The van der Waals surface area contributed by atoms with Crippen molar-refractivity contribution < 1.29 is 15.3 Å². The van der Waals surface area contributed by atoms with E-state index in [1.54, 1.807) is 6.07 Å². The van der Waals surface area contributed by atoms with Crippen LogP contribution in [0.3, 0.4) is 0 Å². The van der Waals surface area contributed by atoms with Gasteiger partial charge in [-0.25, -0.2) is 0 Å². The zero-order chi connectivity index (χ0) is 28.6. The van der Waals surface area contributed by atoms with E-state index in [0.29, 0.717) is 14.2 Å². The molecular weight excluding hydrogens is 510 g/mol. The molecule has 0 amide bonds. The SMILES string of the molecule is BPc1cc(-c2cc(C)c(O)c(C(c3ccc(C)cc3)c3cc(-c4cccc(C)c4)cc(C)c3O)c2)ccc1O. The first-order valence-corrected chi connectivity index (χ1v) is 15.0. The fourth-order valence-corrected chi connectivity index (χ4v) is 6.05. The summed E-state index contributed by atoms with van der Waals surface area (Å²) in [6, 6.07) is 30.4.